The Morgan fingerprint density at radius 2 is 2.00 bits per heavy atom. The van der Waals surface area contributed by atoms with Crippen LogP contribution in [0.4, 0.5) is 19.0 Å². The number of methoxy groups -OCH3 is 1. The molecular weight excluding hydrogens is 463 g/mol. The molecule has 0 aliphatic carbocycles. The van der Waals surface area contributed by atoms with Gasteiger partial charge in [-0.15, -0.1) is 0 Å². The molecule has 0 saturated carbocycles. The van der Waals surface area contributed by atoms with E-state index in [9.17, 15) is 22.8 Å². The van der Waals surface area contributed by atoms with Crippen molar-refractivity contribution in [2.24, 2.45) is 5.92 Å². The van der Waals surface area contributed by atoms with E-state index >= 15 is 0 Å². The Morgan fingerprint density at radius 1 is 1.20 bits per heavy atom. The molecule has 1 amide bonds. The highest BCUT2D eigenvalue weighted by Crippen LogP contribution is 2.30. The number of nitrogens with one attached hydrogen (secondary N) is 1. The normalized spacial score (nSPS) is 17.7. The Labute approximate surface area is 201 Å². The molecule has 10 heteroatoms. The average molecular weight is 492 g/mol. The van der Waals surface area contributed by atoms with Gasteiger partial charge >= 0.3 is 12.1 Å². The Bertz CT molecular complexity index is 1090. The van der Waals surface area contributed by atoms with Gasteiger partial charge in [0.25, 0.3) is 0 Å². The monoisotopic (exact) mass is 491 g/mol. The fourth-order valence-corrected chi connectivity index (χ4v) is 4.51. The van der Waals surface area contributed by atoms with Gasteiger partial charge in [-0.25, -0.2) is 4.98 Å². The zero-order valence-electron chi connectivity index (χ0n) is 19.5. The van der Waals surface area contributed by atoms with Crippen LogP contribution in [0, 0.1) is 5.92 Å². The van der Waals surface area contributed by atoms with Gasteiger partial charge < -0.3 is 19.7 Å². The van der Waals surface area contributed by atoms with E-state index in [0.717, 1.165) is 35.8 Å². The van der Waals surface area contributed by atoms with Crippen molar-refractivity contribution in [2.45, 2.75) is 44.8 Å². The molecule has 0 fully saturated rings. The van der Waals surface area contributed by atoms with E-state index in [1.165, 1.54) is 12.7 Å². The molecule has 35 heavy (non-hydrogen) atoms. The van der Waals surface area contributed by atoms with Crippen molar-refractivity contribution in [3.05, 3.63) is 52.7 Å². The maximum absolute atomic E-state index is 13.2. The molecule has 1 atom stereocenters. The first-order valence-electron chi connectivity index (χ1n) is 11.6. The van der Waals surface area contributed by atoms with E-state index in [2.05, 4.69) is 21.1 Å². The van der Waals surface area contributed by atoms with Crippen LogP contribution < -0.4 is 10.1 Å². The second-order valence-corrected chi connectivity index (χ2v) is 8.86. The number of fused-ring (bicyclic) bond motifs is 2. The van der Waals surface area contributed by atoms with E-state index in [4.69, 9.17) is 4.74 Å². The summed E-state index contributed by atoms with van der Waals surface area (Å²) in [6, 6.07) is 9.21. The summed E-state index contributed by atoms with van der Waals surface area (Å²) < 4.78 is 50.0. The van der Waals surface area contributed by atoms with Crippen molar-refractivity contribution in [1.82, 2.24) is 9.88 Å². The molecule has 0 saturated heterocycles. The number of carbonyl (C=O) groups is 2. The number of carbonyl (C=O) groups excluding carboxylic acids is 2. The van der Waals surface area contributed by atoms with Crippen LogP contribution >= 0.6 is 0 Å². The molecule has 0 bridgehead atoms. The molecule has 2 aliphatic heterocycles. The summed E-state index contributed by atoms with van der Waals surface area (Å²) >= 11 is 0. The summed E-state index contributed by atoms with van der Waals surface area (Å²) in [7, 11) is 1.19. The predicted molar refractivity (Wildman–Crippen MR) is 122 cm³/mol. The minimum absolute atomic E-state index is 0.157. The SMILES string of the molecule is COC(=O)C[C@@H]1Cc2ccc(OCCc3ccc4c(n3)NCCC4)cc2CN(CC(F)(F)F)C1=O. The summed E-state index contributed by atoms with van der Waals surface area (Å²) in [5.74, 6) is -0.843. The van der Waals surface area contributed by atoms with E-state index in [-0.39, 0.29) is 19.4 Å². The number of esters is 1. The molecule has 188 valence electrons. The van der Waals surface area contributed by atoms with Crippen molar-refractivity contribution < 1.29 is 32.2 Å². The Balaban J connectivity index is 1.46. The highest BCUT2D eigenvalue weighted by atomic mass is 19.4. The van der Waals surface area contributed by atoms with Gasteiger partial charge in [0.15, 0.2) is 0 Å². The van der Waals surface area contributed by atoms with Gasteiger partial charge in [0.2, 0.25) is 5.91 Å². The molecule has 4 rings (SSSR count). The van der Waals surface area contributed by atoms with Crippen LogP contribution in [0.5, 0.6) is 5.75 Å². The summed E-state index contributed by atoms with van der Waals surface area (Å²) in [4.78, 5) is 30.0. The summed E-state index contributed by atoms with van der Waals surface area (Å²) in [6.45, 7) is -0.336. The number of nitrogens with zero attached hydrogens (tertiary/aromatic N) is 2. The smallest absolute Gasteiger partial charge is 0.406 e. The Hall–Kier alpha value is -3.30. The molecule has 0 radical (unpaired) electrons. The van der Waals surface area contributed by atoms with Gasteiger partial charge in [-0.2, -0.15) is 13.2 Å². The molecule has 7 nitrogen and oxygen atoms in total. The third kappa shape index (κ3) is 6.43. The lowest BCUT2D eigenvalue weighted by Gasteiger charge is -2.25. The van der Waals surface area contributed by atoms with Gasteiger partial charge in [0, 0.05) is 25.2 Å². The third-order valence-electron chi connectivity index (χ3n) is 6.26. The standard InChI is InChI=1S/C25H28F3N3O4/c1-34-22(32)13-18-11-17-5-7-21(12-19(17)14-31(24(18)33)15-25(26,27)28)35-10-8-20-6-4-16-3-2-9-29-23(16)30-20/h4-7,12,18H,2-3,8-11,13-15H2,1H3,(H,29,30)/t18-/m0/s1. The maximum Gasteiger partial charge on any atom is 0.406 e. The van der Waals surface area contributed by atoms with Crippen molar-refractivity contribution in [3.8, 4) is 5.75 Å². The third-order valence-corrected chi connectivity index (χ3v) is 6.26. The van der Waals surface area contributed by atoms with Gasteiger partial charge in [0.05, 0.1) is 26.1 Å². The number of aryl methyl sites for hydroxylation is 1. The highest BCUT2D eigenvalue weighted by molar-refractivity contribution is 5.84. The minimum Gasteiger partial charge on any atom is -0.493 e. The molecule has 2 aliphatic rings. The van der Waals surface area contributed by atoms with Crippen LogP contribution in [0.15, 0.2) is 30.3 Å². The number of alkyl halides is 3. The van der Waals surface area contributed by atoms with Crippen molar-refractivity contribution in [1.29, 1.82) is 0 Å². The van der Waals surface area contributed by atoms with Gasteiger partial charge in [-0.1, -0.05) is 12.1 Å². The molecule has 0 unspecified atom stereocenters. The molecular formula is C25H28F3N3O4. The summed E-state index contributed by atoms with van der Waals surface area (Å²) in [5, 5.41) is 3.30. The average Bonchev–Trinajstić information content (AvgIpc) is 2.94. The number of hydrogen-bond donors (Lipinski definition) is 1. The van der Waals surface area contributed by atoms with Crippen LogP contribution in [0.3, 0.4) is 0 Å². The lowest BCUT2D eigenvalue weighted by atomic mass is 9.94. The van der Waals surface area contributed by atoms with Crippen LogP contribution in [0.2, 0.25) is 0 Å². The van der Waals surface area contributed by atoms with E-state index < -0.39 is 30.5 Å². The molecule has 0 spiro atoms. The predicted octanol–water partition coefficient (Wildman–Crippen LogP) is 3.69. The first kappa shape index (κ1) is 24.8. The van der Waals surface area contributed by atoms with Crippen LogP contribution in [-0.2, 0) is 40.1 Å². The second-order valence-electron chi connectivity index (χ2n) is 8.86. The first-order valence-corrected chi connectivity index (χ1v) is 11.6. The van der Waals surface area contributed by atoms with Crippen LogP contribution in [0.1, 0.15) is 35.2 Å². The van der Waals surface area contributed by atoms with Crippen LogP contribution in [-0.4, -0.2) is 54.7 Å². The van der Waals surface area contributed by atoms with Crippen molar-refractivity contribution >= 4 is 17.7 Å². The number of aromatic nitrogens is 1. The fourth-order valence-electron chi connectivity index (χ4n) is 4.51. The summed E-state index contributed by atoms with van der Waals surface area (Å²) in [6.07, 6.45) is -2.00. The number of rotatable bonds is 7. The fraction of sp³-hybridized carbons (Fsp3) is 0.480. The van der Waals surface area contributed by atoms with E-state index in [0.29, 0.717) is 29.9 Å². The molecule has 3 heterocycles. The molecule has 2 aromatic rings. The summed E-state index contributed by atoms with van der Waals surface area (Å²) in [5.41, 5.74) is 3.38. The number of benzene rings is 1. The Morgan fingerprint density at radius 3 is 2.77 bits per heavy atom. The maximum atomic E-state index is 13.2. The second kappa shape index (κ2) is 10.5. The van der Waals surface area contributed by atoms with Crippen LogP contribution in [0.25, 0.3) is 0 Å². The number of halogens is 3. The van der Waals surface area contributed by atoms with Gasteiger partial charge in [-0.05, 0) is 54.2 Å². The van der Waals surface area contributed by atoms with Gasteiger partial charge in [0.1, 0.15) is 18.1 Å². The number of anilines is 1. The number of ether oxygens (including phenoxy) is 2. The van der Waals surface area contributed by atoms with E-state index in [1.807, 2.05) is 6.07 Å². The molecule has 1 N–H and O–H groups in total. The van der Waals surface area contributed by atoms with Crippen molar-refractivity contribution in [2.75, 3.05) is 32.1 Å². The molecule has 1 aromatic heterocycles. The largest absolute Gasteiger partial charge is 0.493 e. The minimum atomic E-state index is -4.55. The van der Waals surface area contributed by atoms with Gasteiger partial charge in [-0.3, -0.25) is 9.59 Å². The Kier molecular flexibility index (Phi) is 7.47. The topological polar surface area (TPSA) is 80.8 Å². The highest BCUT2D eigenvalue weighted by Gasteiger charge is 2.38. The number of amides is 1. The van der Waals surface area contributed by atoms with Crippen molar-refractivity contribution in [3.63, 3.8) is 0 Å². The lowest BCUT2D eigenvalue weighted by molar-refractivity contribution is -0.165. The number of pyridine rings is 1. The van der Waals surface area contributed by atoms with E-state index in [1.54, 1.807) is 18.2 Å². The molecule has 1 aromatic carbocycles. The zero-order chi connectivity index (χ0) is 25.0. The first-order chi connectivity index (χ1) is 16.7. The number of hydrogen-bond acceptors (Lipinski definition) is 6. The lowest BCUT2D eigenvalue weighted by Crippen LogP contribution is -2.41. The quantitative estimate of drug-likeness (QED) is 0.596. The zero-order valence-corrected chi connectivity index (χ0v) is 19.5.